The SMILES string of the molecule is CCCNc1ncc(Br)c(NCc2ccccc2Br)n1. The summed E-state index contributed by atoms with van der Waals surface area (Å²) in [5.74, 6) is 1.43. The molecule has 20 heavy (non-hydrogen) atoms. The summed E-state index contributed by atoms with van der Waals surface area (Å²) in [5, 5.41) is 6.50. The van der Waals surface area contributed by atoms with Gasteiger partial charge in [0.2, 0.25) is 5.95 Å². The van der Waals surface area contributed by atoms with E-state index in [4.69, 9.17) is 0 Å². The Balaban J connectivity index is 2.07. The average Bonchev–Trinajstić information content (AvgIpc) is 2.46. The van der Waals surface area contributed by atoms with E-state index in [1.165, 1.54) is 5.56 Å². The molecular formula is C14H16Br2N4. The van der Waals surface area contributed by atoms with Crippen LogP contribution >= 0.6 is 31.9 Å². The topological polar surface area (TPSA) is 49.8 Å². The average molecular weight is 400 g/mol. The van der Waals surface area contributed by atoms with Crippen molar-refractivity contribution >= 4 is 43.6 Å². The summed E-state index contributed by atoms with van der Waals surface area (Å²) in [6, 6.07) is 8.12. The van der Waals surface area contributed by atoms with Crippen LogP contribution in [0.3, 0.4) is 0 Å². The summed E-state index contributed by atoms with van der Waals surface area (Å²) < 4.78 is 1.94. The zero-order valence-corrected chi connectivity index (χ0v) is 14.3. The molecule has 0 radical (unpaired) electrons. The number of anilines is 2. The van der Waals surface area contributed by atoms with E-state index >= 15 is 0 Å². The maximum Gasteiger partial charge on any atom is 0.224 e. The first kappa shape index (κ1) is 15.3. The number of aromatic nitrogens is 2. The maximum atomic E-state index is 4.46. The lowest BCUT2D eigenvalue weighted by Gasteiger charge is -2.10. The molecular weight excluding hydrogens is 384 g/mol. The molecule has 2 rings (SSSR count). The van der Waals surface area contributed by atoms with Gasteiger partial charge < -0.3 is 10.6 Å². The van der Waals surface area contributed by atoms with E-state index in [0.29, 0.717) is 12.5 Å². The highest BCUT2D eigenvalue weighted by molar-refractivity contribution is 9.10. The van der Waals surface area contributed by atoms with Crippen molar-refractivity contribution in [2.24, 2.45) is 0 Å². The standard InChI is InChI=1S/C14H16Br2N4/c1-2-7-17-14-19-9-12(16)13(20-14)18-8-10-5-3-4-6-11(10)15/h3-6,9H,2,7-8H2,1H3,(H2,17,18,19,20). The number of halogens is 2. The number of nitrogens with zero attached hydrogens (tertiary/aromatic N) is 2. The van der Waals surface area contributed by atoms with Crippen LogP contribution in [0.5, 0.6) is 0 Å². The van der Waals surface area contributed by atoms with Gasteiger partial charge >= 0.3 is 0 Å². The molecule has 4 nitrogen and oxygen atoms in total. The molecule has 0 aliphatic carbocycles. The van der Waals surface area contributed by atoms with Crippen LogP contribution in [0.25, 0.3) is 0 Å². The molecule has 6 heteroatoms. The highest BCUT2D eigenvalue weighted by Gasteiger charge is 2.05. The molecule has 0 unspecified atom stereocenters. The predicted molar refractivity (Wildman–Crippen MR) is 90.0 cm³/mol. The zero-order valence-electron chi connectivity index (χ0n) is 11.2. The minimum Gasteiger partial charge on any atom is -0.365 e. The van der Waals surface area contributed by atoms with E-state index in [0.717, 1.165) is 27.7 Å². The summed E-state index contributed by atoms with van der Waals surface area (Å²) in [6.45, 7) is 3.67. The van der Waals surface area contributed by atoms with Gasteiger partial charge in [0.1, 0.15) is 5.82 Å². The Bertz CT molecular complexity index is 575. The van der Waals surface area contributed by atoms with Crippen molar-refractivity contribution in [1.82, 2.24) is 9.97 Å². The Labute approximate surface area is 135 Å². The maximum absolute atomic E-state index is 4.46. The Morgan fingerprint density at radius 3 is 2.65 bits per heavy atom. The van der Waals surface area contributed by atoms with Crippen molar-refractivity contribution in [2.45, 2.75) is 19.9 Å². The summed E-state index contributed by atoms with van der Waals surface area (Å²) in [7, 11) is 0. The lowest BCUT2D eigenvalue weighted by Crippen LogP contribution is -2.08. The van der Waals surface area contributed by atoms with Gasteiger partial charge in [0, 0.05) is 23.8 Å². The van der Waals surface area contributed by atoms with Crippen molar-refractivity contribution < 1.29 is 0 Å². The molecule has 1 aromatic carbocycles. The Morgan fingerprint density at radius 2 is 1.90 bits per heavy atom. The Hall–Kier alpha value is -1.14. The van der Waals surface area contributed by atoms with E-state index in [-0.39, 0.29) is 0 Å². The molecule has 2 N–H and O–H groups in total. The van der Waals surface area contributed by atoms with Gasteiger partial charge in [-0.25, -0.2) is 4.98 Å². The minimum absolute atomic E-state index is 0.643. The largest absolute Gasteiger partial charge is 0.365 e. The van der Waals surface area contributed by atoms with Crippen molar-refractivity contribution in [3.63, 3.8) is 0 Å². The van der Waals surface area contributed by atoms with Crippen molar-refractivity contribution in [3.8, 4) is 0 Å². The van der Waals surface area contributed by atoms with Gasteiger partial charge in [-0.05, 0) is 34.0 Å². The molecule has 0 amide bonds. The molecule has 0 fully saturated rings. The third-order valence-electron chi connectivity index (χ3n) is 2.68. The van der Waals surface area contributed by atoms with E-state index in [9.17, 15) is 0 Å². The van der Waals surface area contributed by atoms with Gasteiger partial charge in [0.15, 0.2) is 0 Å². The smallest absolute Gasteiger partial charge is 0.224 e. The number of nitrogens with one attached hydrogen (secondary N) is 2. The second-order valence-electron chi connectivity index (χ2n) is 4.26. The molecule has 0 spiro atoms. The first-order chi connectivity index (χ1) is 9.70. The van der Waals surface area contributed by atoms with Gasteiger partial charge in [-0.2, -0.15) is 4.98 Å². The van der Waals surface area contributed by atoms with Gasteiger partial charge in [0.25, 0.3) is 0 Å². The van der Waals surface area contributed by atoms with Gasteiger partial charge in [-0.1, -0.05) is 41.1 Å². The fourth-order valence-corrected chi connectivity index (χ4v) is 2.39. The molecule has 2 aromatic rings. The van der Waals surface area contributed by atoms with E-state index in [1.807, 2.05) is 18.2 Å². The second-order valence-corrected chi connectivity index (χ2v) is 5.97. The normalized spacial score (nSPS) is 10.3. The third kappa shape index (κ3) is 4.18. The fraction of sp³-hybridized carbons (Fsp3) is 0.286. The molecule has 0 aliphatic rings. The molecule has 106 valence electrons. The summed E-state index contributed by atoms with van der Waals surface area (Å²) in [6.07, 6.45) is 2.80. The van der Waals surface area contributed by atoms with Crippen molar-refractivity contribution in [3.05, 3.63) is 45.0 Å². The van der Waals surface area contributed by atoms with Crippen molar-refractivity contribution in [2.75, 3.05) is 17.2 Å². The molecule has 0 atom stereocenters. The number of hydrogen-bond acceptors (Lipinski definition) is 4. The number of hydrogen-bond donors (Lipinski definition) is 2. The number of rotatable bonds is 6. The van der Waals surface area contributed by atoms with Gasteiger partial charge in [-0.3, -0.25) is 0 Å². The second kappa shape index (κ2) is 7.59. The highest BCUT2D eigenvalue weighted by Crippen LogP contribution is 2.22. The Morgan fingerprint density at radius 1 is 1.10 bits per heavy atom. The first-order valence-electron chi connectivity index (χ1n) is 6.44. The van der Waals surface area contributed by atoms with Gasteiger partial charge in [0.05, 0.1) is 4.47 Å². The van der Waals surface area contributed by atoms with E-state index < -0.39 is 0 Å². The third-order valence-corrected chi connectivity index (χ3v) is 4.04. The monoisotopic (exact) mass is 398 g/mol. The highest BCUT2D eigenvalue weighted by atomic mass is 79.9. The first-order valence-corrected chi connectivity index (χ1v) is 8.03. The number of benzene rings is 1. The van der Waals surface area contributed by atoms with E-state index in [1.54, 1.807) is 6.20 Å². The molecule has 0 saturated carbocycles. The van der Waals surface area contributed by atoms with Crippen molar-refractivity contribution in [1.29, 1.82) is 0 Å². The lowest BCUT2D eigenvalue weighted by atomic mass is 10.2. The molecule has 0 bridgehead atoms. The fourth-order valence-electron chi connectivity index (χ4n) is 1.63. The Kier molecular flexibility index (Phi) is 5.79. The molecule has 1 aromatic heterocycles. The van der Waals surface area contributed by atoms with Crippen LogP contribution in [0.4, 0.5) is 11.8 Å². The van der Waals surface area contributed by atoms with E-state index in [2.05, 4.69) is 65.5 Å². The summed E-state index contributed by atoms with van der Waals surface area (Å²) in [4.78, 5) is 8.69. The molecule has 1 heterocycles. The van der Waals surface area contributed by atoms with Crippen LogP contribution in [-0.2, 0) is 6.54 Å². The zero-order chi connectivity index (χ0) is 14.4. The van der Waals surface area contributed by atoms with Crippen LogP contribution in [0, 0.1) is 0 Å². The summed E-state index contributed by atoms with van der Waals surface area (Å²) >= 11 is 7.00. The van der Waals surface area contributed by atoms with Crippen LogP contribution in [0.2, 0.25) is 0 Å². The lowest BCUT2D eigenvalue weighted by molar-refractivity contribution is 0.948. The predicted octanol–water partition coefficient (Wildman–Crippen LogP) is 4.44. The van der Waals surface area contributed by atoms with Crippen LogP contribution in [0.15, 0.2) is 39.4 Å². The molecule has 0 saturated heterocycles. The quantitative estimate of drug-likeness (QED) is 0.753. The van der Waals surface area contributed by atoms with Crippen LogP contribution in [-0.4, -0.2) is 16.5 Å². The van der Waals surface area contributed by atoms with Crippen LogP contribution < -0.4 is 10.6 Å². The molecule has 0 aliphatic heterocycles. The van der Waals surface area contributed by atoms with Crippen LogP contribution in [0.1, 0.15) is 18.9 Å². The summed E-state index contributed by atoms with van der Waals surface area (Å²) in [5.41, 5.74) is 1.18. The van der Waals surface area contributed by atoms with Gasteiger partial charge in [-0.15, -0.1) is 0 Å². The minimum atomic E-state index is 0.643.